The Bertz CT molecular complexity index is 341. The second kappa shape index (κ2) is 9.82. The van der Waals surface area contributed by atoms with Gasteiger partial charge in [-0.2, -0.15) is 0 Å². The van der Waals surface area contributed by atoms with E-state index in [0.29, 0.717) is 6.04 Å². The number of ether oxygens (including phenoxy) is 2. The summed E-state index contributed by atoms with van der Waals surface area (Å²) in [7, 11) is 2.00. The molecule has 1 rings (SSSR count). The van der Waals surface area contributed by atoms with E-state index in [2.05, 4.69) is 30.4 Å². The number of para-hydroxylation sites is 1. The first-order valence-electron chi connectivity index (χ1n) is 7.30. The first-order valence-corrected chi connectivity index (χ1v) is 7.30. The van der Waals surface area contributed by atoms with Gasteiger partial charge in [-0.05, 0) is 39.3 Å². The molecular weight excluding hydrogens is 238 g/mol. The molecule has 1 N–H and O–H groups in total. The van der Waals surface area contributed by atoms with Crippen LogP contribution in [0.15, 0.2) is 24.3 Å². The van der Waals surface area contributed by atoms with Gasteiger partial charge in [0, 0.05) is 24.8 Å². The molecule has 0 saturated carbocycles. The topological polar surface area (TPSA) is 30.5 Å². The van der Waals surface area contributed by atoms with Crippen LogP contribution in [0.3, 0.4) is 0 Å². The van der Waals surface area contributed by atoms with E-state index in [0.717, 1.165) is 44.8 Å². The Hall–Kier alpha value is -1.06. The lowest BCUT2D eigenvalue weighted by molar-refractivity contribution is 0.141. The zero-order valence-electron chi connectivity index (χ0n) is 12.4. The van der Waals surface area contributed by atoms with Crippen molar-refractivity contribution in [2.75, 3.05) is 26.9 Å². The zero-order valence-corrected chi connectivity index (χ0v) is 12.4. The molecule has 3 heteroatoms. The van der Waals surface area contributed by atoms with E-state index < -0.39 is 0 Å². The summed E-state index contributed by atoms with van der Waals surface area (Å²) in [4.78, 5) is 0. The molecule has 0 saturated heterocycles. The molecule has 3 nitrogen and oxygen atoms in total. The third-order valence-electron chi connectivity index (χ3n) is 3.09. The summed E-state index contributed by atoms with van der Waals surface area (Å²) in [6.45, 7) is 6.54. The fourth-order valence-electron chi connectivity index (χ4n) is 2.10. The molecule has 0 aliphatic rings. The molecule has 0 spiro atoms. The average Bonchev–Trinajstić information content (AvgIpc) is 2.46. The van der Waals surface area contributed by atoms with Crippen molar-refractivity contribution >= 4 is 0 Å². The monoisotopic (exact) mass is 265 g/mol. The van der Waals surface area contributed by atoms with Crippen molar-refractivity contribution in [2.45, 2.75) is 39.2 Å². The molecule has 108 valence electrons. The van der Waals surface area contributed by atoms with Crippen LogP contribution in [0.1, 0.15) is 44.7 Å². The molecule has 1 aromatic carbocycles. The van der Waals surface area contributed by atoms with Gasteiger partial charge in [-0.15, -0.1) is 0 Å². The highest BCUT2D eigenvalue weighted by Crippen LogP contribution is 2.28. The van der Waals surface area contributed by atoms with Crippen LogP contribution < -0.4 is 10.1 Å². The van der Waals surface area contributed by atoms with Gasteiger partial charge in [0.2, 0.25) is 0 Å². The summed E-state index contributed by atoms with van der Waals surface area (Å²) in [5.74, 6) is 1.00. The second-order valence-corrected chi connectivity index (χ2v) is 4.57. The maximum absolute atomic E-state index is 5.83. The van der Waals surface area contributed by atoms with E-state index in [1.807, 2.05) is 20.0 Å². The lowest BCUT2D eigenvalue weighted by atomic mass is 10.0. The van der Waals surface area contributed by atoms with Gasteiger partial charge >= 0.3 is 0 Å². The summed E-state index contributed by atoms with van der Waals surface area (Å²) in [5, 5.41) is 3.38. The predicted octanol–water partition coefficient (Wildman–Crippen LogP) is 3.55. The van der Waals surface area contributed by atoms with E-state index >= 15 is 0 Å². The lowest BCUT2D eigenvalue weighted by Crippen LogP contribution is -2.18. The van der Waals surface area contributed by atoms with E-state index in [4.69, 9.17) is 9.47 Å². The number of rotatable bonds is 10. The van der Waals surface area contributed by atoms with Gasteiger partial charge < -0.3 is 14.8 Å². The lowest BCUT2D eigenvalue weighted by Gasteiger charge is -2.20. The summed E-state index contributed by atoms with van der Waals surface area (Å²) in [6, 6.07) is 8.63. The molecule has 0 amide bonds. The van der Waals surface area contributed by atoms with Gasteiger partial charge in [0.15, 0.2) is 0 Å². The highest BCUT2D eigenvalue weighted by atomic mass is 16.5. The number of benzene rings is 1. The summed E-state index contributed by atoms with van der Waals surface area (Å²) < 4.78 is 11.2. The van der Waals surface area contributed by atoms with Gasteiger partial charge in [0.25, 0.3) is 0 Å². The fraction of sp³-hybridized carbons (Fsp3) is 0.625. The maximum atomic E-state index is 5.83. The minimum Gasteiger partial charge on any atom is -0.493 e. The molecule has 1 aromatic rings. The van der Waals surface area contributed by atoms with E-state index in [1.54, 1.807) is 0 Å². The van der Waals surface area contributed by atoms with E-state index in [9.17, 15) is 0 Å². The Balaban J connectivity index is 2.62. The molecular formula is C16H27NO2. The maximum Gasteiger partial charge on any atom is 0.124 e. The van der Waals surface area contributed by atoms with Crippen LogP contribution >= 0.6 is 0 Å². The third-order valence-corrected chi connectivity index (χ3v) is 3.09. The number of hydrogen-bond donors (Lipinski definition) is 1. The normalized spacial score (nSPS) is 12.4. The van der Waals surface area contributed by atoms with Crippen molar-refractivity contribution in [1.29, 1.82) is 0 Å². The van der Waals surface area contributed by atoms with Crippen LogP contribution in [0.25, 0.3) is 0 Å². The zero-order chi connectivity index (χ0) is 13.9. The molecule has 0 aliphatic heterocycles. The molecule has 0 fully saturated rings. The van der Waals surface area contributed by atoms with E-state index in [1.165, 1.54) is 5.56 Å². The molecule has 0 radical (unpaired) electrons. The summed E-state index contributed by atoms with van der Waals surface area (Å²) in [5.41, 5.74) is 1.25. The van der Waals surface area contributed by atoms with Crippen LogP contribution in [-0.4, -0.2) is 26.9 Å². The average molecular weight is 265 g/mol. The smallest absolute Gasteiger partial charge is 0.124 e. The van der Waals surface area contributed by atoms with Crippen molar-refractivity contribution in [3.05, 3.63) is 29.8 Å². The van der Waals surface area contributed by atoms with Crippen molar-refractivity contribution in [3.63, 3.8) is 0 Å². The van der Waals surface area contributed by atoms with Crippen LogP contribution in [0.5, 0.6) is 5.75 Å². The quantitative estimate of drug-likeness (QED) is 0.656. The van der Waals surface area contributed by atoms with Gasteiger partial charge in [0.05, 0.1) is 6.61 Å². The van der Waals surface area contributed by atoms with Crippen molar-refractivity contribution in [1.82, 2.24) is 5.32 Å². The van der Waals surface area contributed by atoms with Crippen LogP contribution in [0, 0.1) is 0 Å². The molecule has 0 aliphatic carbocycles. The van der Waals surface area contributed by atoms with Crippen molar-refractivity contribution in [2.24, 2.45) is 0 Å². The van der Waals surface area contributed by atoms with Crippen molar-refractivity contribution in [3.8, 4) is 5.75 Å². The highest BCUT2D eigenvalue weighted by molar-refractivity contribution is 5.35. The molecule has 1 atom stereocenters. The largest absolute Gasteiger partial charge is 0.493 e. The minimum absolute atomic E-state index is 0.327. The predicted molar refractivity (Wildman–Crippen MR) is 79.8 cm³/mol. The SMILES string of the molecule is CCCOc1ccccc1C(CCCOCC)NC. The first-order chi connectivity index (χ1) is 9.33. The minimum atomic E-state index is 0.327. The molecule has 0 heterocycles. The molecule has 0 aromatic heterocycles. The summed E-state index contributed by atoms with van der Waals surface area (Å²) >= 11 is 0. The van der Waals surface area contributed by atoms with Crippen LogP contribution in [0.2, 0.25) is 0 Å². The Morgan fingerprint density at radius 2 is 1.95 bits per heavy atom. The summed E-state index contributed by atoms with van der Waals surface area (Å²) in [6.07, 6.45) is 3.15. The van der Waals surface area contributed by atoms with Gasteiger partial charge in [-0.25, -0.2) is 0 Å². The number of nitrogens with one attached hydrogen (secondary N) is 1. The molecule has 19 heavy (non-hydrogen) atoms. The molecule has 1 unspecified atom stereocenters. The van der Waals surface area contributed by atoms with Gasteiger partial charge in [0.1, 0.15) is 5.75 Å². The van der Waals surface area contributed by atoms with Crippen LogP contribution in [0.4, 0.5) is 0 Å². The Morgan fingerprint density at radius 1 is 1.16 bits per heavy atom. The molecule has 0 bridgehead atoms. The van der Waals surface area contributed by atoms with Gasteiger partial charge in [-0.1, -0.05) is 25.1 Å². The Morgan fingerprint density at radius 3 is 2.63 bits per heavy atom. The fourth-order valence-corrected chi connectivity index (χ4v) is 2.10. The second-order valence-electron chi connectivity index (χ2n) is 4.57. The Labute approximate surface area is 117 Å². The van der Waals surface area contributed by atoms with E-state index in [-0.39, 0.29) is 0 Å². The number of hydrogen-bond acceptors (Lipinski definition) is 3. The highest BCUT2D eigenvalue weighted by Gasteiger charge is 2.13. The first kappa shape index (κ1) is 16.0. The Kier molecular flexibility index (Phi) is 8.26. The van der Waals surface area contributed by atoms with Crippen molar-refractivity contribution < 1.29 is 9.47 Å². The van der Waals surface area contributed by atoms with Crippen LogP contribution in [-0.2, 0) is 4.74 Å². The standard InChI is InChI=1S/C16H27NO2/c1-4-12-19-16-11-7-6-9-14(16)15(17-3)10-8-13-18-5-2/h6-7,9,11,15,17H,4-5,8,10,12-13H2,1-3H3. The third kappa shape index (κ3) is 5.62. The van der Waals surface area contributed by atoms with Gasteiger partial charge in [-0.3, -0.25) is 0 Å².